The fourth-order valence-corrected chi connectivity index (χ4v) is 3.74. The normalized spacial score (nSPS) is 12.3. The minimum atomic E-state index is -4.03. The van der Waals surface area contributed by atoms with E-state index in [0.29, 0.717) is 11.0 Å². The lowest BCUT2D eigenvalue weighted by Gasteiger charge is -2.18. The van der Waals surface area contributed by atoms with E-state index in [0.717, 1.165) is 6.42 Å². The molecule has 0 bridgehead atoms. The Morgan fingerprint density at radius 1 is 1.33 bits per heavy atom. The number of nitrogens with one attached hydrogen (secondary N) is 1. The van der Waals surface area contributed by atoms with Crippen LogP contribution in [0, 0.1) is 5.41 Å². The van der Waals surface area contributed by atoms with Crippen LogP contribution in [0.4, 0.5) is 0 Å². The molecule has 0 saturated carbocycles. The van der Waals surface area contributed by atoms with Gasteiger partial charge in [-0.3, -0.25) is 4.79 Å². The van der Waals surface area contributed by atoms with E-state index >= 15 is 0 Å². The molecule has 0 saturated heterocycles. The summed E-state index contributed by atoms with van der Waals surface area (Å²) in [5.74, 6) is -0.438. The molecule has 0 heterocycles. The van der Waals surface area contributed by atoms with Gasteiger partial charge in [0.2, 0.25) is 0 Å². The minimum Gasteiger partial charge on any atom is -0.352 e. The highest BCUT2D eigenvalue weighted by molar-refractivity contribution is 9.10. The summed E-state index contributed by atoms with van der Waals surface area (Å²) in [6.45, 7) is 6.64. The number of carbonyl (C=O) groups excluding carboxylic acids is 1. The topological polar surface area (TPSA) is 63.2 Å². The van der Waals surface area contributed by atoms with E-state index in [9.17, 15) is 13.2 Å². The van der Waals surface area contributed by atoms with Crippen molar-refractivity contribution in [2.45, 2.75) is 32.1 Å². The fourth-order valence-electron chi connectivity index (χ4n) is 1.55. The van der Waals surface area contributed by atoms with E-state index in [-0.39, 0.29) is 20.9 Å². The summed E-state index contributed by atoms with van der Waals surface area (Å²) in [5, 5.41) is 2.54. The van der Waals surface area contributed by atoms with Gasteiger partial charge in [-0.05, 0) is 24.0 Å². The zero-order valence-electron chi connectivity index (χ0n) is 11.8. The summed E-state index contributed by atoms with van der Waals surface area (Å²) in [7, 11) is 1.29. The lowest BCUT2D eigenvalue weighted by Crippen LogP contribution is -2.27. The van der Waals surface area contributed by atoms with E-state index in [4.69, 9.17) is 22.3 Å². The molecule has 1 aromatic carbocycles. The summed E-state index contributed by atoms with van der Waals surface area (Å²) in [5.41, 5.74) is 0.151. The summed E-state index contributed by atoms with van der Waals surface area (Å²) in [6, 6.07) is 2.72. The van der Waals surface area contributed by atoms with Gasteiger partial charge in [0.1, 0.15) is 4.90 Å². The number of hydrogen-bond acceptors (Lipinski definition) is 3. The second-order valence-electron chi connectivity index (χ2n) is 5.77. The average Bonchev–Trinajstić information content (AvgIpc) is 2.28. The third-order valence-corrected chi connectivity index (χ3v) is 5.00. The molecule has 0 atom stereocenters. The molecular formula is C13H16BrCl2NO3S. The van der Waals surface area contributed by atoms with E-state index in [2.05, 4.69) is 42.0 Å². The molecular weight excluding hydrogens is 401 g/mol. The van der Waals surface area contributed by atoms with Crippen molar-refractivity contribution in [1.29, 1.82) is 0 Å². The summed E-state index contributed by atoms with van der Waals surface area (Å²) in [6.07, 6.45) is 0.783. The summed E-state index contributed by atoms with van der Waals surface area (Å²) < 4.78 is 23.3. The standard InChI is InChI=1S/C13H16BrCl2NO3S/c1-13(2,3)4-5-17-12(18)9-6-8(14)7-10(11(9)15)21(16,19)20/h6-7H,4-5H2,1-3H3,(H,17,18). The Morgan fingerprint density at radius 2 is 1.90 bits per heavy atom. The van der Waals surface area contributed by atoms with Crippen LogP contribution in [0.1, 0.15) is 37.6 Å². The Labute approximate surface area is 142 Å². The lowest BCUT2D eigenvalue weighted by molar-refractivity contribution is 0.0949. The van der Waals surface area contributed by atoms with Crippen molar-refractivity contribution in [2.75, 3.05) is 6.54 Å². The van der Waals surface area contributed by atoms with Crippen molar-refractivity contribution in [1.82, 2.24) is 5.32 Å². The Hall–Kier alpha value is -0.300. The molecule has 0 aliphatic rings. The molecule has 0 radical (unpaired) electrons. The summed E-state index contributed by atoms with van der Waals surface area (Å²) in [4.78, 5) is 11.8. The van der Waals surface area contributed by atoms with Gasteiger partial charge < -0.3 is 5.32 Å². The van der Waals surface area contributed by atoms with E-state index in [1.807, 2.05) is 0 Å². The van der Waals surface area contributed by atoms with Gasteiger partial charge in [0.15, 0.2) is 0 Å². The molecule has 0 aliphatic heterocycles. The van der Waals surface area contributed by atoms with Crippen LogP contribution < -0.4 is 5.32 Å². The zero-order chi connectivity index (χ0) is 16.4. The number of carbonyl (C=O) groups is 1. The number of hydrogen-bond donors (Lipinski definition) is 1. The SMILES string of the molecule is CC(C)(C)CCNC(=O)c1cc(Br)cc(S(=O)(=O)Cl)c1Cl. The first-order valence-electron chi connectivity index (χ1n) is 6.14. The van der Waals surface area contributed by atoms with E-state index in [1.165, 1.54) is 12.1 Å². The molecule has 1 rings (SSSR count). The number of amides is 1. The van der Waals surface area contributed by atoms with Gasteiger partial charge in [0, 0.05) is 21.7 Å². The highest BCUT2D eigenvalue weighted by Crippen LogP contribution is 2.31. The van der Waals surface area contributed by atoms with Crippen molar-refractivity contribution in [3.05, 3.63) is 27.2 Å². The molecule has 118 valence electrons. The van der Waals surface area contributed by atoms with Gasteiger partial charge in [0.25, 0.3) is 15.0 Å². The minimum absolute atomic E-state index is 0.0687. The molecule has 8 heteroatoms. The van der Waals surface area contributed by atoms with Crippen LogP contribution in [0.3, 0.4) is 0 Å². The van der Waals surface area contributed by atoms with Crippen molar-refractivity contribution < 1.29 is 13.2 Å². The molecule has 1 N–H and O–H groups in total. The highest BCUT2D eigenvalue weighted by atomic mass is 79.9. The van der Waals surface area contributed by atoms with Gasteiger partial charge >= 0.3 is 0 Å². The van der Waals surface area contributed by atoms with Gasteiger partial charge in [-0.15, -0.1) is 0 Å². The maximum atomic E-state index is 12.1. The first-order chi connectivity index (χ1) is 9.42. The Bertz CT molecular complexity index is 654. The molecule has 0 aromatic heterocycles. The largest absolute Gasteiger partial charge is 0.352 e. The summed E-state index contributed by atoms with van der Waals surface area (Å²) >= 11 is 9.13. The lowest BCUT2D eigenvalue weighted by atomic mass is 9.92. The smallest absolute Gasteiger partial charge is 0.262 e. The second-order valence-corrected chi connectivity index (χ2v) is 9.60. The van der Waals surface area contributed by atoms with Crippen LogP contribution in [0.25, 0.3) is 0 Å². The first-order valence-corrected chi connectivity index (χ1v) is 9.62. The zero-order valence-corrected chi connectivity index (χ0v) is 15.8. The van der Waals surface area contributed by atoms with Crippen molar-refractivity contribution in [2.24, 2.45) is 5.41 Å². The van der Waals surface area contributed by atoms with Gasteiger partial charge in [0.05, 0.1) is 10.6 Å². The second kappa shape index (κ2) is 6.86. The maximum Gasteiger partial charge on any atom is 0.262 e. The molecule has 1 amide bonds. The molecule has 0 aliphatic carbocycles. The predicted molar refractivity (Wildman–Crippen MR) is 88.6 cm³/mol. The van der Waals surface area contributed by atoms with Crippen LogP contribution in [0.5, 0.6) is 0 Å². The van der Waals surface area contributed by atoms with Crippen molar-refractivity contribution >= 4 is 53.2 Å². The fraction of sp³-hybridized carbons (Fsp3) is 0.462. The highest BCUT2D eigenvalue weighted by Gasteiger charge is 2.22. The number of benzene rings is 1. The van der Waals surface area contributed by atoms with Gasteiger partial charge in [-0.2, -0.15) is 0 Å². The molecule has 0 unspecified atom stereocenters. The Morgan fingerprint density at radius 3 is 2.38 bits per heavy atom. The van der Waals surface area contributed by atoms with Crippen molar-refractivity contribution in [3.8, 4) is 0 Å². The monoisotopic (exact) mass is 415 g/mol. The molecule has 0 fully saturated rings. The predicted octanol–water partition coefficient (Wildman–Crippen LogP) is 4.20. The van der Waals surface area contributed by atoms with Crippen LogP contribution in [0.15, 0.2) is 21.5 Å². The molecule has 0 spiro atoms. The Balaban J connectivity index is 3.03. The number of halogens is 3. The van der Waals surface area contributed by atoms with Crippen LogP contribution in [-0.2, 0) is 9.05 Å². The quantitative estimate of drug-likeness (QED) is 0.748. The first kappa shape index (κ1) is 18.7. The van der Waals surface area contributed by atoms with Crippen molar-refractivity contribution in [3.63, 3.8) is 0 Å². The molecule has 4 nitrogen and oxygen atoms in total. The van der Waals surface area contributed by atoms with E-state index < -0.39 is 15.0 Å². The van der Waals surface area contributed by atoms with Gasteiger partial charge in [-0.1, -0.05) is 48.3 Å². The average molecular weight is 417 g/mol. The Kier molecular flexibility index (Phi) is 6.12. The molecule has 21 heavy (non-hydrogen) atoms. The van der Waals surface area contributed by atoms with Crippen LogP contribution in [0.2, 0.25) is 5.02 Å². The third kappa shape index (κ3) is 5.77. The third-order valence-electron chi connectivity index (χ3n) is 2.67. The number of rotatable bonds is 4. The maximum absolute atomic E-state index is 12.1. The van der Waals surface area contributed by atoms with E-state index in [1.54, 1.807) is 0 Å². The van der Waals surface area contributed by atoms with Crippen LogP contribution >= 0.6 is 38.2 Å². The van der Waals surface area contributed by atoms with Crippen LogP contribution in [-0.4, -0.2) is 20.9 Å². The molecule has 1 aromatic rings. The van der Waals surface area contributed by atoms with Gasteiger partial charge in [-0.25, -0.2) is 8.42 Å².